The van der Waals surface area contributed by atoms with Crippen molar-refractivity contribution < 1.29 is 14.7 Å². The molecule has 1 aliphatic carbocycles. The van der Waals surface area contributed by atoms with Gasteiger partial charge < -0.3 is 9.94 Å². The van der Waals surface area contributed by atoms with Gasteiger partial charge in [-0.05, 0) is 37.2 Å². The van der Waals surface area contributed by atoms with E-state index in [0.29, 0.717) is 31.9 Å². The Labute approximate surface area is 152 Å². The summed E-state index contributed by atoms with van der Waals surface area (Å²) in [6.45, 7) is 3.10. The van der Waals surface area contributed by atoms with Crippen molar-refractivity contribution in [2.75, 3.05) is 6.61 Å². The van der Waals surface area contributed by atoms with Gasteiger partial charge in [0.2, 0.25) is 0 Å². The third-order valence-corrected chi connectivity index (χ3v) is 5.17. The van der Waals surface area contributed by atoms with Crippen LogP contribution in [-0.2, 0) is 16.1 Å². The second-order valence-electron chi connectivity index (χ2n) is 7.16. The van der Waals surface area contributed by atoms with Gasteiger partial charge in [-0.15, -0.1) is 0 Å². The first-order valence-electron chi connectivity index (χ1n) is 9.85. The zero-order chi connectivity index (χ0) is 17.9. The van der Waals surface area contributed by atoms with Crippen LogP contribution in [0.1, 0.15) is 70.3 Å². The van der Waals surface area contributed by atoms with Crippen LogP contribution in [0.15, 0.2) is 30.3 Å². The molecule has 1 atom stereocenters. The molecule has 1 aromatic rings. The van der Waals surface area contributed by atoms with Crippen LogP contribution in [0.25, 0.3) is 0 Å². The summed E-state index contributed by atoms with van der Waals surface area (Å²) in [5.74, 6) is 0.327. The molecular weight excluding hydrogens is 314 g/mol. The molecule has 1 saturated carbocycles. The zero-order valence-corrected chi connectivity index (χ0v) is 15.5. The summed E-state index contributed by atoms with van der Waals surface area (Å²) >= 11 is 0. The standard InChI is InChI=1S/C21H33NO3/c1-2-3-16-25-21(23)15-14-20(19-12-8-5-9-13-19)22(24)17-18-10-6-4-7-11-18/h4,6-7,10-11,19-20,24H,2-3,5,8-9,12-17H2,1H3. The van der Waals surface area contributed by atoms with Gasteiger partial charge in [-0.3, -0.25) is 4.79 Å². The van der Waals surface area contributed by atoms with E-state index in [4.69, 9.17) is 4.74 Å². The van der Waals surface area contributed by atoms with Crippen LogP contribution in [0.5, 0.6) is 0 Å². The molecule has 4 nitrogen and oxygen atoms in total. The highest BCUT2D eigenvalue weighted by Gasteiger charge is 2.29. The van der Waals surface area contributed by atoms with Gasteiger partial charge in [0.1, 0.15) is 0 Å². The number of carbonyl (C=O) groups excluding carboxylic acids is 1. The first-order chi connectivity index (χ1) is 12.2. The van der Waals surface area contributed by atoms with E-state index >= 15 is 0 Å². The van der Waals surface area contributed by atoms with Crippen LogP contribution in [0.2, 0.25) is 0 Å². The molecule has 0 spiro atoms. The second-order valence-corrected chi connectivity index (χ2v) is 7.16. The van der Waals surface area contributed by atoms with E-state index in [0.717, 1.165) is 31.2 Å². The Kier molecular flexibility index (Phi) is 8.98. The molecule has 1 fully saturated rings. The minimum absolute atomic E-state index is 0.0271. The highest BCUT2D eigenvalue weighted by Crippen LogP contribution is 2.31. The van der Waals surface area contributed by atoms with E-state index in [1.807, 2.05) is 30.3 Å². The van der Waals surface area contributed by atoms with Crippen LogP contribution < -0.4 is 0 Å². The Bertz CT molecular complexity index is 485. The lowest BCUT2D eigenvalue weighted by Gasteiger charge is -2.35. The van der Waals surface area contributed by atoms with Crippen LogP contribution in [-0.4, -0.2) is 28.9 Å². The molecule has 25 heavy (non-hydrogen) atoms. The molecule has 0 heterocycles. The van der Waals surface area contributed by atoms with Crippen molar-refractivity contribution in [1.29, 1.82) is 0 Å². The summed E-state index contributed by atoms with van der Waals surface area (Å²) in [7, 11) is 0. The maximum atomic E-state index is 12.0. The van der Waals surface area contributed by atoms with E-state index in [2.05, 4.69) is 6.92 Å². The van der Waals surface area contributed by atoms with Crippen molar-refractivity contribution in [3.8, 4) is 0 Å². The van der Waals surface area contributed by atoms with Crippen molar-refractivity contribution in [3.63, 3.8) is 0 Å². The van der Waals surface area contributed by atoms with E-state index in [-0.39, 0.29) is 12.0 Å². The molecule has 1 N–H and O–H groups in total. The molecule has 2 rings (SSSR count). The van der Waals surface area contributed by atoms with Crippen LogP contribution in [0.3, 0.4) is 0 Å². The van der Waals surface area contributed by atoms with Gasteiger partial charge in [-0.25, -0.2) is 0 Å². The maximum absolute atomic E-state index is 12.0. The number of benzene rings is 1. The second kappa shape index (κ2) is 11.3. The number of carbonyl (C=O) groups is 1. The van der Waals surface area contributed by atoms with Gasteiger partial charge in [-0.2, -0.15) is 5.06 Å². The average Bonchev–Trinajstić information content (AvgIpc) is 2.64. The molecule has 1 aliphatic rings. The monoisotopic (exact) mass is 347 g/mol. The van der Waals surface area contributed by atoms with Gasteiger partial charge in [-0.1, -0.05) is 62.9 Å². The van der Waals surface area contributed by atoms with Crippen molar-refractivity contribution >= 4 is 5.97 Å². The van der Waals surface area contributed by atoms with Crippen molar-refractivity contribution in [1.82, 2.24) is 5.06 Å². The van der Waals surface area contributed by atoms with E-state index in [1.165, 1.54) is 24.3 Å². The molecule has 0 amide bonds. The lowest BCUT2D eigenvalue weighted by molar-refractivity contribution is -0.160. The number of nitrogens with zero attached hydrogens (tertiary/aromatic N) is 1. The third-order valence-electron chi connectivity index (χ3n) is 5.17. The maximum Gasteiger partial charge on any atom is 0.305 e. The molecule has 0 radical (unpaired) electrons. The minimum atomic E-state index is -0.137. The molecular formula is C21H33NO3. The molecule has 1 aromatic carbocycles. The summed E-state index contributed by atoms with van der Waals surface area (Å²) in [5.41, 5.74) is 1.09. The molecule has 1 unspecified atom stereocenters. The van der Waals surface area contributed by atoms with E-state index < -0.39 is 0 Å². The zero-order valence-electron chi connectivity index (χ0n) is 15.5. The first kappa shape index (κ1) is 19.9. The molecule has 0 saturated heterocycles. The fourth-order valence-electron chi connectivity index (χ4n) is 3.70. The largest absolute Gasteiger partial charge is 0.466 e. The molecule has 140 valence electrons. The Morgan fingerprint density at radius 1 is 1.24 bits per heavy atom. The van der Waals surface area contributed by atoms with Gasteiger partial charge in [0.05, 0.1) is 6.61 Å². The average molecular weight is 347 g/mol. The highest BCUT2D eigenvalue weighted by atomic mass is 16.5. The molecule has 0 bridgehead atoms. The lowest BCUT2D eigenvalue weighted by atomic mass is 9.82. The summed E-state index contributed by atoms with van der Waals surface area (Å²) < 4.78 is 5.28. The van der Waals surface area contributed by atoms with Crippen molar-refractivity contribution in [2.24, 2.45) is 5.92 Å². The SMILES string of the molecule is CCCCOC(=O)CCC(C1CCCCC1)N(O)Cc1ccccc1. The predicted molar refractivity (Wildman–Crippen MR) is 99.2 cm³/mol. The van der Waals surface area contributed by atoms with Gasteiger partial charge in [0.25, 0.3) is 0 Å². The van der Waals surface area contributed by atoms with Gasteiger partial charge in [0, 0.05) is 19.0 Å². The van der Waals surface area contributed by atoms with Crippen LogP contribution in [0.4, 0.5) is 0 Å². The molecule has 0 aliphatic heterocycles. The van der Waals surface area contributed by atoms with E-state index in [1.54, 1.807) is 0 Å². The third kappa shape index (κ3) is 7.17. The van der Waals surface area contributed by atoms with Gasteiger partial charge >= 0.3 is 5.97 Å². The minimum Gasteiger partial charge on any atom is -0.466 e. The number of hydrogen-bond acceptors (Lipinski definition) is 4. The number of hydroxylamine groups is 2. The number of rotatable bonds is 10. The Balaban J connectivity index is 1.91. The molecule has 4 heteroatoms. The summed E-state index contributed by atoms with van der Waals surface area (Å²) in [6, 6.07) is 10.0. The number of unbranched alkanes of at least 4 members (excludes halogenated alkanes) is 1. The fourth-order valence-corrected chi connectivity index (χ4v) is 3.70. The summed E-state index contributed by atoms with van der Waals surface area (Å²) in [4.78, 5) is 12.0. The topological polar surface area (TPSA) is 49.8 Å². The summed E-state index contributed by atoms with van der Waals surface area (Å²) in [6.07, 6.45) is 9.00. The normalized spacial score (nSPS) is 16.8. The van der Waals surface area contributed by atoms with Crippen LogP contribution >= 0.6 is 0 Å². The quantitative estimate of drug-likeness (QED) is 0.369. The Morgan fingerprint density at radius 3 is 2.64 bits per heavy atom. The summed E-state index contributed by atoms with van der Waals surface area (Å²) in [5, 5.41) is 12.2. The number of esters is 1. The fraction of sp³-hybridized carbons (Fsp3) is 0.667. The predicted octanol–water partition coefficient (Wildman–Crippen LogP) is 4.95. The molecule has 0 aromatic heterocycles. The van der Waals surface area contributed by atoms with Crippen LogP contribution in [0, 0.1) is 5.92 Å². The van der Waals surface area contributed by atoms with Gasteiger partial charge in [0.15, 0.2) is 0 Å². The Hall–Kier alpha value is -1.39. The number of ether oxygens (including phenoxy) is 1. The van der Waals surface area contributed by atoms with Crippen molar-refractivity contribution in [3.05, 3.63) is 35.9 Å². The highest BCUT2D eigenvalue weighted by molar-refractivity contribution is 5.69. The Morgan fingerprint density at radius 2 is 1.96 bits per heavy atom. The van der Waals surface area contributed by atoms with E-state index in [9.17, 15) is 10.0 Å². The smallest absolute Gasteiger partial charge is 0.305 e. The first-order valence-corrected chi connectivity index (χ1v) is 9.85. The lowest BCUT2D eigenvalue weighted by Crippen LogP contribution is -2.39. The number of hydrogen-bond donors (Lipinski definition) is 1. The van der Waals surface area contributed by atoms with Crippen molar-refractivity contribution in [2.45, 2.75) is 77.3 Å².